The largest absolute Gasteiger partial charge is 0.468 e. The van der Waals surface area contributed by atoms with Crippen molar-refractivity contribution in [2.75, 3.05) is 20.6 Å². The molecule has 0 radical (unpaired) electrons. The molecule has 0 saturated carbocycles. The molecule has 1 amide bonds. The van der Waals surface area contributed by atoms with E-state index in [-0.39, 0.29) is 34.9 Å². The quantitative estimate of drug-likeness (QED) is 0.785. The van der Waals surface area contributed by atoms with Crippen molar-refractivity contribution in [2.45, 2.75) is 16.8 Å². The highest BCUT2D eigenvalue weighted by Gasteiger charge is 2.20. The monoisotopic (exact) mass is 341 g/mol. The Bertz CT molecular complexity index is 635. The molecule has 2 aromatic heterocycles. The third-order valence-electron chi connectivity index (χ3n) is 3.17. The van der Waals surface area contributed by atoms with Gasteiger partial charge in [0.15, 0.2) is 0 Å². The van der Waals surface area contributed by atoms with Crippen LogP contribution in [0.25, 0.3) is 0 Å². The minimum atomic E-state index is -2.63. The standard InChI is InChI=1S/C15H17F2N3O2S/c1-20(2)11(12-6-4-8-22-12)9-19-13(21)10-5-3-7-18-14(10)23-15(16)17/h3-8,11,15H,9H2,1-2H3,(H,19,21). The fourth-order valence-corrected chi connectivity index (χ4v) is 2.62. The smallest absolute Gasteiger partial charge is 0.290 e. The summed E-state index contributed by atoms with van der Waals surface area (Å²) in [7, 11) is 3.73. The molecule has 2 rings (SSSR count). The number of thioether (sulfide) groups is 1. The molecule has 0 spiro atoms. The summed E-state index contributed by atoms with van der Waals surface area (Å²) in [4.78, 5) is 18.0. The second kappa shape index (κ2) is 8.07. The lowest BCUT2D eigenvalue weighted by Crippen LogP contribution is -2.34. The number of carbonyl (C=O) groups is 1. The van der Waals surface area contributed by atoms with Crippen molar-refractivity contribution in [1.82, 2.24) is 15.2 Å². The van der Waals surface area contributed by atoms with Crippen LogP contribution in [0.2, 0.25) is 0 Å². The maximum atomic E-state index is 12.5. The van der Waals surface area contributed by atoms with Gasteiger partial charge in [0, 0.05) is 12.7 Å². The first kappa shape index (κ1) is 17.4. The Morgan fingerprint density at radius 3 is 2.78 bits per heavy atom. The Balaban J connectivity index is 2.07. The van der Waals surface area contributed by atoms with E-state index in [1.807, 2.05) is 25.1 Å². The first-order chi connectivity index (χ1) is 11.0. The lowest BCUT2D eigenvalue weighted by molar-refractivity contribution is 0.0935. The van der Waals surface area contributed by atoms with Gasteiger partial charge in [-0.3, -0.25) is 9.69 Å². The molecule has 1 atom stereocenters. The number of amides is 1. The first-order valence-electron chi connectivity index (χ1n) is 6.87. The SMILES string of the molecule is CN(C)C(CNC(=O)c1cccnc1SC(F)F)c1ccco1. The van der Waals surface area contributed by atoms with Gasteiger partial charge >= 0.3 is 0 Å². The molecule has 0 aliphatic heterocycles. The van der Waals surface area contributed by atoms with Crippen LogP contribution in [0.3, 0.4) is 0 Å². The molecular weight excluding hydrogens is 324 g/mol. The van der Waals surface area contributed by atoms with Crippen molar-refractivity contribution in [3.63, 3.8) is 0 Å². The summed E-state index contributed by atoms with van der Waals surface area (Å²) in [6.07, 6.45) is 2.94. The lowest BCUT2D eigenvalue weighted by Gasteiger charge is -2.22. The average Bonchev–Trinajstić information content (AvgIpc) is 3.01. The topological polar surface area (TPSA) is 58.4 Å². The van der Waals surface area contributed by atoms with E-state index in [2.05, 4.69) is 10.3 Å². The molecule has 0 bridgehead atoms. The molecule has 124 valence electrons. The summed E-state index contributed by atoms with van der Waals surface area (Å²) < 4.78 is 30.4. The van der Waals surface area contributed by atoms with Crippen LogP contribution in [-0.2, 0) is 0 Å². The van der Waals surface area contributed by atoms with E-state index in [1.165, 1.54) is 12.3 Å². The molecule has 0 aliphatic carbocycles. The van der Waals surface area contributed by atoms with E-state index in [9.17, 15) is 13.6 Å². The van der Waals surface area contributed by atoms with E-state index in [0.717, 1.165) is 0 Å². The molecule has 0 aliphatic rings. The number of carbonyl (C=O) groups excluding carboxylic acids is 1. The number of halogens is 2. The Morgan fingerprint density at radius 2 is 2.17 bits per heavy atom. The van der Waals surface area contributed by atoms with Gasteiger partial charge in [-0.1, -0.05) is 0 Å². The van der Waals surface area contributed by atoms with Crippen LogP contribution in [0.1, 0.15) is 22.2 Å². The molecule has 1 unspecified atom stereocenters. The Kier molecular flexibility index (Phi) is 6.12. The second-order valence-corrected chi connectivity index (χ2v) is 5.92. The third-order valence-corrected chi connectivity index (χ3v) is 3.89. The predicted molar refractivity (Wildman–Crippen MR) is 83.6 cm³/mol. The van der Waals surface area contributed by atoms with Crippen molar-refractivity contribution in [1.29, 1.82) is 0 Å². The number of nitrogens with one attached hydrogen (secondary N) is 1. The fourth-order valence-electron chi connectivity index (χ4n) is 2.05. The zero-order valence-corrected chi connectivity index (χ0v) is 13.5. The number of pyridine rings is 1. The van der Waals surface area contributed by atoms with Crippen LogP contribution >= 0.6 is 11.8 Å². The molecule has 0 saturated heterocycles. The Labute approximate surface area is 137 Å². The predicted octanol–water partition coefficient (Wildman–Crippen LogP) is 3.02. The van der Waals surface area contributed by atoms with Crippen LogP contribution in [0.15, 0.2) is 46.2 Å². The minimum Gasteiger partial charge on any atom is -0.468 e. The molecule has 2 aromatic rings. The number of nitrogens with zero attached hydrogens (tertiary/aromatic N) is 2. The van der Waals surface area contributed by atoms with E-state index >= 15 is 0 Å². The number of furan rings is 1. The van der Waals surface area contributed by atoms with Gasteiger partial charge in [-0.2, -0.15) is 8.78 Å². The average molecular weight is 341 g/mol. The lowest BCUT2D eigenvalue weighted by atomic mass is 10.2. The van der Waals surface area contributed by atoms with E-state index in [0.29, 0.717) is 5.76 Å². The number of likely N-dealkylation sites (N-methyl/N-ethyl adjacent to an activating group) is 1. The summed E-state index contributed by atoms with van der Waals surface area (Å²) in [6.45, 7) is 0.285. The number of hydrogen-bond acceptors (Lipinski definition) is 5. The number of aromatic nitrogens is 1. The van der Waals surface area contributed by atoms with Crippen LogP contribution < -0.4 is 5.32 Å². The van der Waals surface area contributed by atoms with Crippen molar-refractivity contribution in [3.05, 3.63) is 48.0 Å². The summed E-state index contributed by atoms with van der Waals surface area (Å²) in [6, 6.07) is 6.45. The number of alkyl halides is 2. The summed E-state index contributed by atoms with van der Waals surface area (Å²) in [5, 5.41) is 2.76. The van der Waals surface area contributed by atoms with Gasteiger partial charge in [-0.15, -0.1) is 0 Å². The summed E-state index contributed by atoms with van der Waals surface area (Å²) in [5.74, 6) is -2.36. The highest BCUT2D eigenvalue weighted by atomic mass is 32.2. The third kappa shape index (κ3) is 4.77. The normalized spacial score (nSPS) is 12.6. The fraction of sp³-hybridized carbons (Fsp3) is 0.333. The van der Waals surface area contributed by atoms with Crippen LogP contribution in [0.5, 0.6) is 0 Å². The van der Waals surface area contributed by atoms with Crippen LogP contribution in [0, 0.1) is 0 Å². The van der Waals surface area contributed by atoms with E-state index in [4.69, 9.17) is 4.42 Å². The summed E-state index contributed by atoms with van der Waals surface area (Å²) >= 11 is 0.257. The molecule has 2 heterocycles. The van der Waals surface area contributed by atoms with Crippen molar-refractivity contribution in [2.24, 2.45) is 0 Å². The first-order valence-corrected chi connectivity index (χ1v) is 7.75. The number of hydrogen-bond donors (Lipinski definition) is 1. The highest BCUT2D eigenvalue weighted by Crippen LogP contribution is 2.26. The van der Waals surface area contributed by atoms with Crippen LogP contribution in [-0.4, -0.2) is 42.2 Å². The Hall–Kier alpha value is -1.93. The van der Waals surface area contributed by atoms with Crippen molar-refractivity contribution >= 4 is 17.7 Å². The molecule has 0 aromatic carbocycles. The second-order valence-electron chi connectivity index (χ2n) is 4.94. The van der Waals surface area contributed by atoms with Gasteiger partial charge in [0.2, 0.25) is 0 Å². The zero-order valence-electron chi connectivity index (χ0n) is 12.7. The molecule has 8 heteroatoms. The van der Waals surface area contributed by atoms with Crippen molar-refractivity contribution < 1.29 is 18.0 Å². The van der Waals surface area contributed by atoms with Gasteiger partial charge in [-0.25, -0.2) is 4.98 Å². The van der Waals surface area contributed by atoms with E-state index in [1.54, 1.807) is 18.4 Å². The molecule has 1 N–H and O–H groups in total. The van der Waals surface area contributed by atoms with Gasteiger partial charge in [0.05, 0.1) is 17.9 Å². The highest BCUT2D eigenvalue weighted by molar-refractivity contribution is 7.99. The maximum Gasteiger partial charge on any atom is 0.290 e. The van der Waals surface area contributed by atoms with Gasteiger partial charge in [0.1, 0.15) is 10.8 Å². The minimum absolute atomic E-state index is 0.0133. The van der Waals surface area contributed by atoms with Gasteiger partial charge < -0.3 is 9.73 Å². The maximum absolute atomic E-state index is 12.5. The van der Waals surface area contributed by atoms with Gasteiger partial charge in [0.25, 0.3) is 11.7 Å². The molecular formula is C15H17F2N3O2S. The van der Waals surface area contributed by atoms with E-state index < -0.39 is 11.7 Å². The summed E-state index contributed by atoms with van der Waals surface area (Å²) in [5.41, 5.74) is 0.134. The van der Waals surface area contributed by atoms with Crippen LogP contribution in [0.4, 0.5) is 8.78 Å². The van der Waals surface area contributed by atoms with Gasteiger partial charge in [-0.05, 0) is 50.1 Å². The molecule has 0 fully saturated rings. The Morgan fingerprint density at radius 1 is 1.39 bits per heavy atom. The molecule has 5 nitrogen and oxygen atoms in total. The van der Waals surface area contributed by atoms with Crippen molar-refractivity contribution in [3.8, 4) is 0 Å². The molecule has 23 heavy (non-hydrogen) atoms. The number of rotatable bonds is 7. The zero-order chi connectivity index (χ0) is 16.8.